The van der Waals surface area contributed by atoms with Crippen molar-refractivity contribution in [3.05, 3.63) is 16.1 Å². The van der Waals surface area contributed by atoms with Crippen LogP contribution in [0.3, 0.4) is 0 Å². The maximum Gasteiger partial charge on any atom is 0.332 e. The summed E-state index contributed by atoms with van der Waals surface area (Å²) in [6, 6.07) is 0. The number of hydrogen-bond donors (Lipinski definition) is 1. The summed E-state index contributed by atoms with van der Waals surface area (Å²) < 4.78 is 5.41. The molecule has 1 aromatic heterocycles. The molecular formula is C12H19NO3S. The lowest BCUT2D eigenvalue weighted by Crippen LogP contribution is -2.24. The maximum absolute atomic E-state index is 10.9. The van der Waals surface area contributed by atoms with Gasteiger partial charge >= 0.3 is 5.97 Å². The summed E-state index contributed by atoms with van der Waals surface area (Å²) in [7, 11) is 0. The number of aromatic nitrogens is 1. The zero-order valence-corrected chi connectivity index (χ0v) is 11.1. The summed E-state index contributed by atoms with van der Waals surface area (Å²) >= 11 is 1.59. The first-order valence-electron chi connectivity index (χ1n) is 5.88. The summed E-state index contributed by atoms with van der Waals surface area (Å²) in [5, 5.41) is 8.98. The van der Waals surface area contributed by atoms with Crippen LogP contribution < -0.4 is 0 Å². The van der Waals surface area contributed by atoms with Crippen LogP contribution in [-0.4, -0.2) is 28.8 Å². The van der Waals surface area contributed by atoms with Gasteiger partial charge < -0.3 is 9.84 Å². The molecule has 0 bridgehead atoms. The van der Waals surface area contributed by atoms with Gasteiger partial charge in [0.1, 0.15) is 0 Å². The van der Waals surface area contributed by atoms with Crippen molar-refractivity contribution < 1.29 is 14.6 Å². The number of carboxylic acid groups (broad SMARTS) is 1. The molecular weight excluding hydrogens is 238 g/mol. The van der Waals surface area contributed by atoms with Crippen LogP contribution in [0.25, 0.3) is 0 Å². The lowest BCUT2D eigenvalue weighted by molar-refractivity contribution is -0.150. The molecule has 1 aromatic rings. The first-order chi connectivity index (χ1) is 8.15. The smallest absolute Gasteiger partial charge is 0.332 e. The minimum atomic E-state index is -0.862. The number of aryl methyl sites for hydroxylation is 1. The van der Waals surface area contributed by atoms with Gasteiger partial charge in [0.2, 0.25) is 0 Å². The van der Waals surface area contributed by atoms with E-state index in [2.05, 4.69) is 4.98 Å². The number of nitrogens with zero attached hydrogens (tertiary/aromatic N) is 1. The normalized spacial score (nSPS) is 12.6. The van der Waals surface area contributed by atoms with Gasteiger partial charge in [0, 0.05) is 11.3 Å². The molecule has 1 atom stereocenters. The molecule has 5 heteroatoms. The fourth-order valence-corrected chi connectivity index (χ4v) is 2.29. The van der Waals surface area contributed by atoms with Crippen molar-refractivity contribution in [2.75, 3.05) is 6.61 Å². The number of aliphatic carboxylic acids is 1. The molecule has 4 nitrogen and oxygen atoms in total. The third kappa shape index (κ3) is 4.83. The third-order valence-corrected chi connectivity index (χ3v) is 3.58. The fraction of sp³-hybridized carbons (Fsp3) is 0.667. The van der Waals surface area contributed by atoms with Crippen molar-refractivity contribution >= 4 is 17.3 Å². The van der Waals surface area contributed by atoms with Gasteiger partial charge in [-0.15, -0.1) is 11.3 Å². The van der Waals surface area contributed by atoms with Gasteiger partial charge in [0.15, 0.2) is 6.10 Å². The summed E-state index contributed by atoms with van der Waals surface area (Å²) in [6.07, 6.45) is 2.54. The number of carbonyl (C=O) groups is 1. The van der Waals surface area contributed by atoms with E-state index < -0.39 is 12.1 Å². The Kier molecular flexibility index (Phi) is 6.15. The van der Waals surface area contributed by atoms with Gasteiger partial charge in [-0.2, -0.15) is 0 Å². The molecule has 0 saturated carbocycles. The molecule has 96 valence electrons. The van der Waals surface area contributed by atoms with Crippen LogP contribution in [0.5, 0.6) is 0 Å². The Morgan fingerprint density at radius 2 is 2.41 bits per heavy atom. The molecule has 1 unspecified atom stereocenters. The Hall–Kier alpha value is -0.940. The van der Waals surface area contributed by atoms with E-state index in [9.17, 15) is 4.79 Å². The topological polar surface area (TPSA) is 59.4 Å². The summed E-state index contributed by atoms with van der Waals surface area (Å²) in [4.78, 5) is 16.2. The van der Waals surface area contributed by atoms with Gasteiger partial charge in [0.05, 0.1) is 17.8 Å². The molecule has 0 fully saturated rings. The highest BCUT2D eigenvalue weighted by atomic mass is 32.1. The molecule has 0 radical (unpaired) electrons. The van der Waals surface area contributed by atoms with E-state index in [4.69, 9.17) is 9.84 Å². The molecule has 0 aliphatic rings. The minimum absolute atomic E-state index is 0.448. The lowest BCUT2D eigenvalue weighted by Gasteiger charge is -2.12. The van der Waals surface area contributed by atoms with Gasteiger partial charge in [-0.3, -0.25) is 0 Å². The van der Waals surface area contributed by atoms with Crippen molar-refractivity contribution in [1.82, 2.24) is 4.98 Å². The molecule has 1 N–H and O–H groups in total. The highest BCUT2D eigenvalue weighted by molar-refractivity contribution is 7.09. The molecule has 0 saturated heterocycles. The Balaban J connectivity index is 2.32. The second-order valence-corrected chi connectivity index (χ2v) is 4.89. The molecule has 0 amide bonds. The Morgan fingerprint density at radius 3 is 2.94 bits per heavy atom. The van der Waals surface area contributed by atoms with Crippen LogP contribution in [0.4, 0.5) is 0 Å². The largest absolute Gasteiger partial charge is 0.479 e. The van der Waals surface area contributed by atoms with E-state index in [-0.39, 0.29) is 0 Å². The first-order valence-corrected chi connectivity index (χ1v) is 6.76. The number of thiazole rings is 1. The monoisotopic (exact) mass is 257 g/mol. The van der Waals surface area contributed by atoms with E-state index in [1.807, 2.05) is 13.8 Å². The van der Waals surface area contributed by atoms with Crippen LogP contribution in [-0.2, 0) is 16.0 Å². The van der Waals surface area contributed by atoms with E-state index in [0.717, 1.165) is 25.0 Å². The second kappa shape index (κ2) is 7.40. The summed E-state index contributed by atoms with van der Waals surface area (Å²) in [5.41, 5.74) is 2.82. The van der Waals surface area contributed by atoms with Crippen LogP contribution in [0.1, 0.15) is 36.8 Å². The van der Waals surface area contributed by atoms with E-state index in [1.54, 1.807) is 16.8 Å². The maximum atomic E-state index is 10.9. The number of carboxylic acids is 1. The first kappa shape index (κ1) is 14.1. The predicted molar refractivity (Wildman–Crippen MR) is 67.5 cm³/mol. The number of ether oxygens (including phenoxy) is 1. The van der Waals surface area contributed by atoms with Crippen molar-refractivity contribution in [3.63, 3.8) is 0 Å². The Morgan fingerprint density at radius 1 is 1.65 bits per heavy atom. The standard InChI is InChI=1S/C12H19NO3S/c1-3-4-5-10(12(14)15)16-7-6-11-9(2)13-8-17-11/h8,10H,3-7H2,1-2H3,(H,14,15). The zero-order chi connectivity index (χ0) is 12.7. The average Bonchev–Trinajstić information content (AvgIpc) is 2.69. The molecule has 17 heavy (non-hydrogen) atoms. The molecule has 0 aromatic carbocycles. The van der Waals surface area contributed by atoms with Gasteiger partial charge in [-0.05, 0) is 13.3 Å². The van der Waals surface area contributed by atoms with Crippen LogP contribution in [0.2, 0.25) is 0 Å². The summed E-state index contributed by atoms with van der Waals surface area (Å²) in [5.74, 6) is -0.862. The number of unbranched alkanes of at least 4 members (excludes halogenated alkanes) is 1. The Bertz CT molecular complexity index is 351. The van der Waals surface area contributed by atoms with Gasteiger partial charge in [0.25, 0.3) is 0 Å². The van der Waals surface area contributed by atoms with E-state index in [0.29, 0.717) is 13.0 Å². The lowest BCUT2D eigenvalue weighted by atomic mass is 10.1. The van der Waals surface area contributed by atoms with Crippen molar-refractivity contribution in [2.45, 2.75) is 45.6 Å². The number of hydrogen-bond acceptors (Lipinski definition) is 4. The SMILES string of the molecule is CCCCC(OCCc1scnc1C)C(=O)O. The zero-order valence-electron chi connectivity index (χ0n) is 10.3. The third-order valence-electron chi connectivity index (χ3n) is 2.59. The van der Waals surface area contributed by atoms with Gasteiger partial charge in [-0.1, -0.05) is 19.8 Å². The molecule has 0 aliphatic heterocycles. The van der Waals surface area contributed by atoms with Crippen molar-refractivity contribution in [3.8, 4) is 0 Å². The van der Waals surface area contributed by atoms with Crippen molar-refractivity contribution in [2.24, 2.45) is 0 Å². The van der Waals surface area contributed by atoms with Crippen LogP contribution >= 0.6 is 11.3 Å². The quantitative estimate of drug-likeness (QED) is 0.777. The Labute approximate surface area is 106 Å². The van der Waals surface area contributed by atoms with E-state index >= 15 is 0 Å². The molecule has 0 aliphatic carbocycles. The highest BCUT2D eigenvalue weighted by Gasteiger charge is 2.17. The number of rotatable bonds is 8. The highest BCUT2D eigenvalue weighted by Crippen LogP contribution is 2.13. The average molecular weight is 257 g/mol. The van der Waals surface area contributed by atoms with Crippen LogP contribution in [0.15, 0.2) is 5.51 Å². The molecule has 1 heterocycles. The van der Waals surface area contributed by atoms with Crippen LogP contribution in [0, 0.1) is 6.92 Å². The molecule has 1 rings (SSSR count). The minimum Gasteiger partial charge on any atom is -0.479 e. The van der Waals surface area contributed by atoms with E-state index in [1.165, 1.54) is 4.88 Å². The fourth-order valence-electron chi connectivity index (χ4n) is 1.53. The summed E-state index contributed by atoms with van der Waals surface area (Å²) in [6.45, 7) is 4.45. The molecule has 0 spiro atoms. The predicted octanol–water partition coefficient (Wildman–Crippen LogP) is 2.65. The second-order valence-electron chi connectivity index (χ2n) is 3.95. The van der Waals surface area contributed by atoms with Gasteiger partial charge in [-0.25, -0.2) is 9.78 Å². The van der Waals surface area contributed by atoms with Crippen molar-refractivity contribution in [1.29, 1.82) is 0 Å².